The summed E-state index contributed by atoms with van der Waals surface area (Å²) in [4.78, 5) is 11.2. The van der Waals surface area contributed by atoms with Crippen LogP contribution >= 0.6 is 0 Å². The maximum Gasteiger partial charge on any atom is 0.322 e. The Morgan fingerprint density at radius 1 is 1.50 bits per heavy atom. The first-order valence-corrected chi connectivity index (χ1v) is 5.15. The van der Waals surface area contributed by atoms with Crippen molar-refractivity contribution in [1.29, 1.82) is 0 Å². The number of carbonyl (C=O) groups is 1. The lowest BCUT2D eigenvalue weighted by Gasteiger charge is -2.19. The molecule has 1 aliphatic heterocycles. The van der Waals surface area contributed by atoms with Crippen LogP contribution in [0.4, 0.5) is 0 Å². The van der Waals surface area contributed by atoms with Gasteiger partial charge in [-0.25, -0.2) is 0 Å². The molecule has 0 aromatic rings. The van der Waals surface area contributed by atoms with Gasteiger partial charge < -0.3 is 14.8 Å². The Morgan fingerprint density at radius 3 is 3.00 bits per heavy atom. The molecule has 0 saturated carbocycles. The zero-order valence-electron chi connectivity index (χ0n) is 8.91. The molecule has 1 N–H and O–H groups in total. The molecular formula is C10H19NO3. The summed E-state index contributed by atoms with van der Waals surface area (Å²) in [5, 5.41) is 3.25. The minimum Gasteiger partial charge on any atom is -0.468 e. The summed E-state index contributed by atoms with van der Waals surface area (Å²) >= 11 is 0. The maximum absolute atomic E-state index is 11.2. The Morgan fingerprint density at radius 2 is 2.29 bits per heavy atom. The van der Waals surface area contributed by atoms with E-state index in [1.165, 1.54) is 7.11 Å². The van der Waals surface area contributed by atoms with Crippen molar-refractivity contribution in [2.75, 3.05) is 20.3 Å². The summed E-state index contributed by atoms with van der Waals surface area (Å²) in [6.07, 6.45) is 3.11. The van der Waals surface area contributed by atoms with Crippen LogP contribution in [0.2, 0.25) is 0 Å². The van der Waals surface area contributed by atoms with Crippen LogP contribution in [0.1, 0.15) is 26.2 Å². The van der Waals surface area contributed by atoms with Crippen molar-refractivity contribution >= 4 is 5.97 Å². The molecule has 0 aromatic heterocycles. The first kappa shape index (κ1) is 11.5. The highest BCUT2D eigenvalue weighted by Gasteiger charge is 2.19. The molecule has 1 fully saturated rings. The van der Waals surface area contributed by atoms with Crippen LogP contribution in [-0.4, -0.2) is 38.4 Å². The highest BCUT2D eigenvalue weighted by Crippen LogP contribution is 2.08. The lowest BCUT2D eigenvalue weighted by atomic mass is 10.1. The van der Waals surface area contributed by atoms with E-state index in [1.807, 2.05) is 6.92 Å². The van der Waals surface area contributed by atoms with E-state index < -0.39 is 0 Å². The van der Waals surface area contributed by atoms with Gasteiger partial charge in [0.2, 0.25) is 0 Å². The molecule has 1 rings (SSSR count). The van der Waals surface area contributed by atoms with Gasteiger partial charge in [0.1, 0.15) is 6.04 Å². The minimum absolute atomic E-state index is 0.199. The number of hydrogen-bond donors (Lipinski definition) is 1. The number of hydrogen-bond acceptors (Lipinski definition) is 4. The minimum atomic E-state index is -0.219. The van der Waals surface area contributed by atoms with E-state index in [-0.39, 0.29) is 12.0 Å². The lowest BCUT2D eigenvalue weighted by molar-refractivity contribution is -0.142. The predicted octanol–water partition coefficient (Wildman–Crippen LogP) is 0.707. The Bertz CT molecular complexity index is 176. The van der Waals surface area contributed by atoms with E-state index in [2.05, 4.69) is 10.1 Å². The zero-order valence-corrected chi connectivity index (χ0v) is 8.91. The molecule has 2 atom stereocenters. The molecule has 0 bridgehead atoms. The van der Waals surface area contributed by atoms with Crippen LogP contribution in [0.3, 0.4) is 0 Å². The summed E-state index contributed by atoms with van der Waals surface area (Å²) in [7, 11) is 1.41. The topological polar surface area (TPSA) is 47.6 Å². The van der Waals surface area contributed by atoms with Crippen LogP contribution in [-0.2, 0) is 14.3 Å². The van der Waals surface area contributed by atoms with Gasteiger partial charge in [-0.1, -0.05) is 0 Å². The van der Waals surface area contributed by atoms with Gasteiger partial charge in [0.05, 0.1) is 7.11 Å². The number of ether oxygens (including phenoxy) is 2. The largest absolute Gasteiger partial charge is 0.468 e. The standard InChI is InChI=1S/C10H19NO3/c1-8(10(12)13-2)11-9-4-3-6-14-7-5-9/h8-9,11H,3-7H2,1-2H3. The molecule has 0 radical (unpaired) electrons. The van der Waals surface area contributed by atoms with Crippen molar-refractivity contribution in [3.63, 3.8) is 0 Å². The van der Waals surface area contributed by atoms with Crippen molar-refractivity contribution < 1.29 is 14.3 Å². The second-order valence-corrected chi connectivity index (χ2v) is 3.65. The molecule has 0 aromatic carbocycles. The third-order valence-corrected chi connectivity index (χ3v) is 2.49. The summed E-state index contributed by atoms with van der Waals surface area (Å²) in [6, 6.07) is 0.162. The summed E-state index contributed by atoms with van der Waals surface area (Å²) in [6.45, 7) is 3.45. The third kappa shape index (κ3) is 3.64. The van der Waals surface area contributed by atoms with E-state index >= 15 is 0 Å². The highest BCUT2D eigenvalue weighted by molar-refractivity contribution is 5.75. The molecule has 0 spiro atoms. The fourth-order valence-corrected chi connectivity index (χ4v) is 1.67. The van der Waals surface area contributed by atoms with Gasteiger partial charge in [0.25, 0.3) is 0 Å². The smallest absolute Gasteiger partial charge is 0.322 e. The molecule has 14 heavy (non-hydrogen) atoms. The van der Waals surface area contributed by atoms with Crippen molar-refractivity contribution in [2.45, 2.75) is 38.3 Å². The van der Waals surface area contributed by atoms with Gasteiger partial charge in [-0.2, -0.15) is 0 Å². The van der Waals surface area contributed by atoms with E-state index in [0.29, 0.717) is 6.04 Å². The SMILES string of the molecule is COC(=O)C(C)NC1CCCOCC1. The molecular weight excluding hydrogens is 182 g/mol. The average Bonchev–Trinajstić information content (AvgIpc) is 2.45. The number of rotatable bonds is 3. The van der Waals surface area contributed by atoms with Gasteiger partial charge >= 0.3 is 5.97 Å². The Hall–Kier alpha value is -0.610. The number of esters is 1. The molecule has 1 aliphatic rings. The van der Waals surface area contributed by atoms with E-state index in [4.69, 9.17) is 4.74 Å². The maximum atomic E-state index is 11.2. The second kappa shape index (κ2) is 5.98. The van der Waals surface area contributed by atoms with E-state index in [9.17, 15) is 4.79 Å². The molecule has 0 aliphatic carbocycles. The summed E-state index contributed by atoms with van der Waals surface area (Å²) < 4.78 is 9.99. The normalized spacial score (nSPS) is 25.1. The van der Waals surface area contributed by atoms with Crippen molar-refractivity contribution in [2.24, 2.45) is 0 Å². The van der Waals surface area contributed by atoms with Crippen LogP contribution in [0.15, 0.2) is 0 Å². The van der Waals surface area contributed by atoms with Gasteiger partial charge in [-0.05, 0) is 26.2 Å². The Kier molecular flexibility index (Phi) is 4.90. The van der Waals surface area contributed by atoms with Gasteiger partial charge in [-0.3, -0.25) is 4.79 Å². The van der Waals surface area contributed by atoms with Crippen LogP contribution < -0.4 is 5.32 Å². The lowest BCUT2D eigenvalue weighted by Crippen LogP contribution is -2.42. The quantitative estimate of drug-likeness (QED) is 0.683. The molecule has 1 heterocycles. The summed E-state index contributed by atoms with van der Waals surface area (Å²) in [5.74, 6) is -0.199. The Balaban J connectivity index is 2.30. The molecule has 4 heteroatoms. The van der Waals surface area contributed by atoms with Crippen LogP contribution in [0.25, 0.3) is 0 Å². The molecule has 0 amide bonds. The fourth-order valence-electron chi connectivity index (χ4n) is 1.67. The zero-order chi connectivity index (χ0) is 10.4. The highest BCUT2D eigenvalue weighted by atomic mass is 16.5. The average molecular weight is 201 g/mol. The second-order valence-electron chi connectivity index (χ2n) is 3.65. The van der Waals surface area contributed by atoms with Crippen LogP contribution in [0.5, 0.6) is 0 Å². The van der Waals surface area contributed by atoms with Gasteiger partial charge in [0, 0.05) is 19.3 Å². The van der Waals surface area contributed by atoms with Crippen molar-refractivity contribution in [1.82, 2.24) is 5.32 Å². The molecule has 1 saturated heterocycles. The monoisotopic (exact) mass is 201 g/mol. The fraction of sp³-hybridized carbons (Fsp3) is 0.900. The van der Waals surface area contributed by atoms with Crippen molar-refractivity contribution in [3.05, 3.63) is 0 Å². The molecule has 2 unspecified atom stereocenters. The van der Waals surface area contributed by atoms with Gasteiger partial charge in [0.15, 0.2) is 0 Å². The van der Waals surface area contributed by atoms with E-state index in [1.54, 1.807) is 0 Å². The first-order valence-electron chi connectivity index (χ1n) is 5.15. The van der Waals surface area contributed by atoms with E-state index in [0.717, 1.165) is 32.5 Å². The number of nitrogens with one attached hydrogen (secondary N) is 1. The first-order chi connectivity index (χ1) is 6.74. The van der Waals surface area contributed by atoms with Crippen LogP contribution in [0, 0.1) is 0 Å². The Labute approximate surface area is 85.0 Å². The molecule has 82 valence electrons. The third-order valence-electron chi connectivity index (χ3n) is 2.49. The van der Waals surface area contributed by atoms with Crippen molar-refractivity contribution in [3.8, 4) is 0 Å². The number of methoxy groups -OCH3 is 1. The summed E-state index contributed by atoms with van der Waals surface area (Å²) in [5.41, 5.74) is 0. The predicted molar refractivity (Wildman–Crippen MR) is 53.1 cm³/mol. The number of carbonyl (C=O) groups excluding carboxylic acids is 1. The molecule has 4 nitrogen and oxygen atoms in total. The van der Waals surface area contributed by atoms with Gasteiger partial charge in [-0.15, -0.1) is 0 Å².